The Bertz CT molecular complexity index is 96.3. The largest absolute Gasteiger partial charge is 0.341 e. The molecule has 0 atom stereocenters. The summed E-state index contributed by atoms with van der Waals surface area (Å²) in [5, 5.41) is 0. The number of amidine groups is 1. The second-order valence-electron chi connectivity index (χ2n) is 1.57. The normalized spacial score (nSPS) is 20.1. The van der Waals surface area contributed by atoms with Gasteiger partial charge >= 0.3 is 0 Å². The highest BCUT2D eigenvalue weighted by Gasteiger charge is 2.12. The molecule has 3 nitrogen and oxygen atoms in total. The molecule has 0 fully saturated rings. The van der Waals surface area contributed by atoms with Crippen LogP contribution in [-0.4, -0.2) is 24.2 Å². The van der Waals surface area contributed by atoms with Crippen LogP contribution in [0.4, 0.5) is 0 Å². The van der Waals surface area contributed by atoms with E-state index in [0.29, 0.717) is 0 Å². The minimum absolute atomic E-state index is 0.738. The molecule has 0 aliphatic carbocycles. The van der Waals surface area contributed by atoms with E-state index >= 15 is 0 Å². The number of rotatable bonds is 0. The Hall–Kier alpha value is -0.730. The molecule has 7 heavy (non-hydrogen) atoms. The average Bonchev–Trinajstić information content (AvgIpc) is 1.91. The maximum atomic E-state index is 5.40. The summed E-state index contributed by atoms with van der Waals surface area (Å²) in [5.74, 6) is 0.819. The number of hydrogen-bond donors (Lipinski definition) is 1. The lowest BCUT2D eigenvalue weighted by Gasteiger charge is -1.87. The maximum absolute atomic E-state index is 5.40. The van der Waals surface area contributed by atoms with Gasteiger partial charge in [0, 0.05) is 0 Å². The van der Waals surface area contributed by atoms with Crippen LogP contribution < -0.4 is 5.73 Å². The summed E-state index contributed by atoms with van der Waals surface area (Å²) >= 11 is 0. The van der Waals surface area contributed by atoms with Crippen molar-refractivity contribution in [2.24, 2.45) is 5.73 Å². The predicted octanol–water partition coefficient (Wildman–Crippen LogP) is -0.679. The van der Waals surface area contributed by atoms with Crippen LogP contribution in [0, 0.1) is 0 Å². The van der Waals surface area contributed by atoms with E-state index in [-0.39, 0.29) is 0 Å². The molecule has 0 spiro atoms. The van der Waals surface area contributed by atoms with Crippen molar-refractivity contribution in [1.29, 1.82) is 0 Å². The lowest BCUT2D eigenvalue weighted by molar-refractivity contribution is -0.758. The van der Waals surface area contributed by atoms with Crippen molar-refractivity contribution in [2.75, 3.05) is 13.7 Å². The first kappa shape index (κ1) is 4.43. The topological polar surface area (TPSA) is 38.3 Å². The Balaban J connectivity index is 2.64. The third-order valence-electron chi connectivity index (χ3n) is 1.05. The molecule has 0 aromatic carbocycles. The Morgan fingerprint density at radius 2 is 2.57 bits per heavy atom. The number of hydroxylamine groups is 1. The fourth-order valence-electron chi connectivity index (χ4n) is 0.528. The van der Waals surface area contributed by atoms with Crippen molar-refractivity contribution >= 4 is 5.84 Å². The van der Waals surface area contributed by atoms with Gasteiger partial charge in [0.1, 0.15) is 13.7 Å². The number of nitrogens with zero attached hydrogens (tertiary/aromatic N) is 1. The van der Waals surface area contributed by atoms with Crippen LogP contribution in [-0.2, 0) is 4.84 Å². The molecule has 0 bridgehead atoms. The maximum Gasteiger partial charge on any atom is 0.285 e. The third kappa shape index (κ3) is 0.656. The quantitative estimate of drug-likeness (QED) is 0.410. The Morgan fingerprint density at radius 3 is 2.71 bits per heavy atom. The Kier molecular flexibility index (Phi) is 0.889. The van der Waals surface area contributed by atoms with Crippen molar-refractivity contribution in [1.82, 2.24) is 0 Å². The fourth-order valence-corrected chi connectivity index (χ4v) is 0.528. The van der Waals surface area contributed by atoms with E-state index in [1.807, 2.05) is 7.05 Å². The molecule has 40 valence electrons. The predicted molar refractivity (Wildman–Crippen MR) is 25.9 cm³/mol. The summed E-state index contributed by atoms with van der Waals surface area (Å²) in [6.07, 6.45) is 0.872. The Labute approximate surface area is 42.3 Å². The summed E-state index contributed by atoms with van der Waals surface area (Å²) < 4.78 is 1.60. The van der Waals surface area contributed by atoms with Gasteiger partial charge in [-0.25, -0.2) is 0 Å². The van der Waals surface area contributed by atoms with Gasteiger partial charge in [0.15, 0.2) is 0 Å². The summed E-state index contributed by atoms with van der Waals surface area (Å²) in [7, 11) is 1.81. The van der Waals surface area contributed by atoms with E-state index in [9.17, 15) is 0 Å². The van der Waals surface area contributed by atoms with Gasteiger partial charge in [-0.1, -0.05) is 4.74 Å². The van der Waals surface area contributed by atoms with Crippen LogP contribution >= 0.6 is 0 Å². The van der Waals surface area contributed by atoms with Gasteiger partial charge in [-0.3, -0.25) is 5.73 Å². The zero-order chi connectivity index (χ0) is 5.28. The molecule has 0 aromatic heterocycles. The molecule has 0 radical (unpaired) electrons. The van der Waals surface area contributed by atoms with Gasteiger partial charge in [-0.15, -0.1) is 0 Å². The average molecular weight is 101 g/mol. The second-order valence-corrected chi connectivity index (χ2v) is 1.57. The van der Waals surface area contributed by atoms with Crippen LogP contribution in [0.3, 0.4) is 0 Å². The molecular formula is C4H9N2O+. The summed E-state index contributed by atoms with van der Waals surface area (Å²) in [6, 6.07) is 0. The van der Waals surface area contributed by atoms with Gasteiger partial charge < -0.3 is 4.84 Å². The van der Waals surface area contributed by atoms with E-state index in [0.717, 1.165) is 18.9 Å². The lowest BCUT2D eigenvalue weighted by Crippen LogP contribution is -2.17. The van der Waals surface area contributed by atoms with Gasteiger partial charge in [0.25, 0.3) is 5.84 Å². The van der Waals surface area contributed by atoms with E-state index in [4.69, 9.17) is 10.6 Å². The van der Waals surface area contributed by atoms with Gasteiger partial charge in [-0.2, -0.15) is 0 Å². The molecule has 1 heterocycles. The SMILES string of the molecule is C[N+]1=C(N)CCO1. The molecule has 2 N–H and O–H groups in total. The van der Waals surface area contributed by atoms with E-state index in [1.54, 1.807) is 4.74 Å². The molecule has 0 aromatic rings. The molecular weight excluding hydrogens is 92.1 g/mol. The molecule has 0 unspecified atom stereocenters. The summed E-state index contributed by atoms with van der Waals surface area (Å²) in [5.41, 5.74) is 5.40. The first-order chi connectivity index (χ1) is 3.30. The van der Waals surface area contributed by atoms with Gasteiger partial charge in [0.2, 0.25) is 0 Å². The number of nitrogens with two attached hydrogens (primary N) is 1. The van der Waals surface area contributed by atoms with Crippen LogP contribution in [0.25, 0.3) is 0 Å². The second kappa shape index (κ2) is 1.40. The van der Waals surface area contributed by atoms with Crippen molar-refractivity contribution in [3.63, 3.8) is 0 Å². The van der Waals surface area contributed by atoms with E-state index < -0.39 is 0 Å². The van der Waals surface area contributed by atoms with E-state index in [1.165, 1.54) is 0 Å². The minimum atomic E-state index is 0.738. The Morgan fingerprint density at radius 1 is 1.86 bits per heavy atom. The first-order valence-electron chi connectivity index (χ1n) is 2.28. The molecule has 0 saturated carbocycles. The zero-order valence-electron chi connectivity index (χ0n) is 4.35. The third-order valence-corrected chi connectivity index (χ3v) is 1.05. The molecule has 1 aliphatic rings. The van der Waals surface area contributed by atoms with Crippen molar-refractivity contribution in [3.05, 3.63) is 0 Å². The minimum Gasteiger partial charge on any atom is -0.341 e. The van der Waals surface area contributed by atoms with Crippen LogP contribution in [0.5, 0.6) is 0 Å². The lowest BCUT2D eigenvalue weighted by atomic mass is 10.4. The van der Waals surface area contributed by atoms with Gasteiger partial charge in [0.05, 0.1) is 6.42 Å². The van der Waals surface area contributed by atoms with Crippen molar-refractivity contribution in [3.8, 4) is 0 Å². The molecule has 1 aliphatic heterocycles. The molecule has 0 saturated heterocycles. The number of hydrogen-bond acceptors (Lipinski definition) is 2. The standard InChI is InChI=1S/C4H8N2O/c1-6-4(5)2-3-7-6/h5H,2-3H2,1H3/p+1. The summed E-state index contributed by atoms with van der Waals surface area (Å²) in [6.45, 7) is 0.738. The highest BCUT2D eigenvalue weighted by molar-refractivity contribution is 5.75. The molecule has 0 amide bonds. The zero-order valence-corrected chi connectivity index (χ0v) is 4.35. The molecule has 1 rings (SSSR count). The summed E-state index contributed by atoms with van der Waals surface area (Å²) in [4.78, 5) is 4.94. The molecule has 3 heteroatoms. The smallest absolute Gasteiger partial charge is 0.285 e. The fraction of sp³-hybridized carbons (Fsp3) is 0.750. The highest BCUT2D eigenvalue weighted by Crippen LogP contribution is 1.91. The van der Waals surface area contributed by atoms with E-state index in [2.05, 4.69) is 0 Å². The highest BCUT2D eigenvalue weighted by atomic mass is 16.7. The first-order valence-corrected chi connectivity index (χ1v) is 2.28. The van der Waals surface area contributed by atoms with Crippen molar-refractivity contribution < 1.29 is 9.58 Å². The monoisotopic (exact) mass is 101 g/mol. The van der Waals surface area contributed by atoms with Crippen LogP contribution in [0.15, 0.2) is 0 Å². The van der Waals surface area contributed by atoms with Gasteiger partial charge in [-0.05, 0) is 0 Å². The van der Waals surface area contributed by atoms with Crippen LogP contribution in [0.1, 0.15) is 6.42 Å². The van der Waals surface area contributed by atoms with Crippen molar-refractivity contribution in [2.45, 2.75) is 6.42 Å². The van der Waals surface area contributed by atoms with Crippen LogP contribution in [0.2, 0.25) is 0 Å².